The Balaban J connectivity index is 1.91. The summed E-state index contributed by atoms with van der Waals surface area (Å²) in [5.74, 6) is -0.684. The van der Waals surface area contributed by atoms with Gasteiger partial charge in [0.15, 0.2) is 0 Å². The van der Waals surface area contributed by atoms with Gasteiger partial charge in [-0.2, -0.15) is 0 Å². The van der Waals surface area contributed by atoms with E-state index in [0.29, 0.717) is 17.9 Å². The molecular formula is C29H37BrN2O4. The number of unbranched alkanes of at least 4 members (excludes halogenated alkanes) is 2. The molecule has 36 heavy (non-hydrogen) atoms. The molecule has 1 saturated heterocycles. The lowest BCUT2D eigenvalue weighted by molar-refractivity contribution is -0.140. The van der Waals surface area contributed by atoms with Crippen LogP contribution in [0.1, 0.15) is 63.1 Å². The van der Waals surface area contributed by atoms with E-state index in [1.54, 1.807) is 36.3 Å². The second-order valence-corrected chi connectivity index (χ2v) is 10.1. The van der Waals surface area contributed by atoms with E-state index in [2.05, 4.69) is 34.7 Å². The van der Waals surface area contributed by atoms with E-state index in [1.165, 1.54) is 0 Å². The fraction of sp³-hybridized carbons (Fsp3) is 0.448. The van der Waals surface area contributed by atoms with Crippen LogP contribution in [0, 0.1) is 0 Å². The fourth-order valence-corrected chi connectivity index (χ4v) is 4.83. The number of methoxy groups -OCH3 is 1. The summed E-state index contributed by atoms with van der Waals surface area (Å²) in [4.78, 5) is 30.5. The van der Waals surface area contributed by atoms with E-state index in [9.17, 15) is 14.7 Å². The van der Waals surface area contributed by atoms with Crippen LogP contribution in [0.25, 0.3) is 5.76 Å². The van der Waals surface area contributed by atoms with Crippen LogP contribution in [-0.4, -0.2) is 59.9 Å². The topological polar surface area (TPSA) is 70.1 Å². The summed E-state index contributed by atoms with van der Waals surface area (Å²) in [5.41, 5.74) is 1.39. The van der Waals surface area contributed by atoms with Gasteiger partial charge >= 0.3 is 0 Å². The van der Waals surface area contributed by atoms with Crippen LogP contribution in [0.2, 0.25) is 0 Å². The predicted molar refractivity (Wildman–Crippen MR) is 147 cm³/mol. The van der Waals surface area contributed by atoms with Crippen molar-refractivity contribution in [3.05, 3.63) is 69.7 Å². The lowest BCUT2D eigenvalue weighted by Crippen LogP contribution is -2.34. The van der Waals surface area contributed by atoms with E-state index in [0.717, 1.165) is 61.8 Å². The molecule has 6 nitrogen and oxygen atoms in total. The first-order valence-electron chi connectivity index (χ1n) is 12.8. The van der Waals surface area contributed by atoms with Crippen molar-refractivity contribution in [2.45, 2.75) is 52.0 Å². The highest BCUT2D eigenvalue weighted by molar-refractivity contribution is 9.10. The zero-order valence-corrected chi connectivity index (χ0v) is 23.1. The number of nitrogens with zero attached hydrogens (tertiary/aromatic N) is 2. The zero-order chi connectivity index (χ0) is 26.1. The second kappa shape index (κ2) is 13.6. The van der Waals surface area contributed by atoms with Crippen LogP contribution in [0.4, 0.5) is 0 Å². The summed E-state index contributed by atoms with van der Waals surface area (Å²) < 4.78 is 6.16. The number of aliphatic hydroxyl groups excluding tert-OH is 1. The van der Waals surface area contributed by atoms with Gasteiger partial charge in [0, 0.05) is 16.6 Å². The Morgan fingerprint density at radius 3 is 2.08 bits per heavy atom. The number of aliphatic hydroxyl groups is 1. The maximum absolute atomic E-state index is 13.2. The molecule has 0 spiro atoms. The van der Waals surface area contributed by atoms with Gasteiger partial charge in [-0.25, -0.2) is 0 Å². The van der Waals surface area contributed by atoms with Crippen molar-refractivity contribution >= 4 is 33.4 Å². The van der Waals surface area contributed by atoms with Crippen LogP contribution in [-0.2, 0) is 9.59 Å². The number of amides is 1. The molecule has 1 unspecified atom stereocenters. The third-order valence-corrected chi connectivity index (χ3v) is 7.15. The number of benzene rings is 2. The number of ketones is 1. The molecule has 0 saturated carbocycles. The van der Waals surface area contributed by atoms with Crippen molar-refractivity contribution in [1.82, 2.24) is 9.80 Å². The van der Waals surface area contributed by atoms with Gasteiger partial charge in [0.05, 0.1) is 18.7 Å². The molecule has 2 aromatic rings. The van der Waals surface area contributed by atoms with Gasteiger partial charge < -0.3 is 19.6 Å². The Hall–Kier alpha value is -2.64. The van der Waals surface area contributed by atoms with Gasteiger partial charge in [0.2, 0.25) is 0 Å². The summed E-state index contributed by atoms with van der Waals surface area (Å²) in [7, 11) is 1.59. The number of carbonyl (C=O) groups is 2. The Labute approximate surface area is 223 Å². The standard InChI is InChI=1S/C29H37BrN2O4/c1-4-6-17-31(18-7-5-2)19-8-20-32-26(21-11-15-24(36-3)16-12-21)25(28(34)29(32)35)27(33)22-9-13-23(30)14-10-22/h9-16,26,33H,4-8,17-20H2,1-3H3/b27-25-. The first kappa shape index (κ1) is 27.9. The second-order valence-electron chi connectivity index (χ2n) is 9.17. The predicted octanol–water partition coefficient (Wildman–Crippen LogP) is 6.17. The highest BCUT2D eigenvalue weighted by Gasteiger charge is 2.45. The largest absolute Gasteiger partial charge is 0.507 e. The monoisotopic (exact) mass is 556 g/mol. The summed E-state index contributed by atoms with van der Waals surface area (Å²) in [6, 6.07) is 13.7. The highest BCUT2D eigenvalue weighted by atomic mass is 79.9. The minimum absolute atomic E-state index is 0.126. The van der Waals surface area contributed by atoms with E-state index in [-0.39, 0.29) is 11.3 Å². The quantitative estimate of drug-likeness (QED) is 0.181. The van der Waals surface area contributed by atoms with Crippen molar-refractivity contribution in [2.24, 2.45) is 0 Å². The molecule has 7 heteroatoms. The number of likely N-dealkylation sites (tertiary alicyclic amines) is 1. The van der Waals surface area contributed by atoms with Gasteiger partial charge in [-0.1, -0.05) is 66.9 Å². The molecule has 1 amide bonds. The minimum Gasteiger partial charge on any atom is -0.507 e. The smallest absolute Gasteiger partial charge is 0.295 e. The van der Waals surface area contributed by atoms with E-state index >= 15 is 0 Å². The Kier molecular flexibility index (Phi) is 10.6. The molecule has 1 fully saturated rings. The van der Waals surface area contributed by atoms with Gasteiger partial charge in [0.1, 0.15) is 11.5 Å². The van der Waals surface area contributed by atoms with E-state index in [1.807, 2.05) is 24.3 Å². The molecular weight excluding hydrogens is 520 g/mol. The number of hydrogen-bond donors (Lipinski definition) is 1. The van der Waals surface area contributed by atoms with Crippen LogP contribution < -0.4 is 4.74 Å². The molecule has 1 aliphatic rings. The molecule has 1 atom stereocenters. The molecule has 0 bridgehead atoms. The maximum Gasteiger partial charge on any atom is 0.295 e. The molecule has 194 valence electrons. The first-order chi connectivity index (χ1) is 17.4. The Bertz CT molecular complexity index is 1040. The molecule has 0 aromatic heterocycles. The number of halogens is 1. The van der Waals surface area contributed by atoms with Gasteiger partial charge in [-0.05, 0) is 68.7 Å². The summed E-state index contributed by atoms with van der Waals surface area (Å²) >= 11 is 3.40. The highest BCUT2D eigenvalue weighted by Crippen LogP contribution is 2.40. The number of rotatable bonds is 13. The normalized spacial score (nSPS) is 17.2. The molecule has 1 aliphatic heterocycles. The van der Waals surface area contributed by atoms with Crippen molar-refractivity contribution in [3.8, 4) is 5.75 Å². The number of hydrogen-bond acceptors (Lipinski definition) is 5. The third kappa shape index (κ3) is 6.77. The summed E-state index contributed by atoms with van der Waals surface area (Å²) in [5, 5.41) is 11.2. The van der Waals surface area contributed by atoms with Crippen LogP contribution in [0.15, 0.2) is 58.6 Å². The number of carbonyl (C=O) groups excluding carboxylic acids is 2. The van der Waals surface area contributed by atoms with Gasteiger partial charge in [-0.15, -0.1) is 0 Å². The number of ether oxygens (including phenoxy) is 1. The number of Topliss-reactive ketones (excluding diaryl/α,β-unsaturated/α-hetero) is 1. The van der Waals surface area contributed by atoms with Crippen LogP contribution in [0.5, 0.6) is 5.75 Å². The molecule has 2 aromatic carbocycles. The SMILES string of the molecule is CCCCN(CCCC)CCCN1C(=O)C(=O)/C(=C(\O)c2ccc(Br)cc2)C1c1ccc(OC)cc1. The molecule has 3 rings (SSSR count). The van der Waals surface area contributed by atoms with Crippen molar-refractivity contribution in [3.63, 3.8) is 0 Å². The van der Waals surface area contributed by atoms with Crippen molar-refractivity contribution in [2.75, 3.05) is 33.3 Å². The maximum atomic E-state index is 13.2. The third-order valence-electron chi connectivity index (χ3n) is 6.62. The zero-order valence-electron chi connectivity index (χ0n) is 21.5. The molecule has 0 aliphatic carbocycles. The minimum atomic E-state index is -0.653. The molecule has 0 radical (unpaired) electrons. The summed E-state index contributed by atoms with van der Waals surface area (Å²) in [6.45, 7) is 7.77. The molecule has 1 N–H and O–H groups in total. The van der Waals surface area contributed by atoms with E-state index in [4.69, 9.17) is 4.74 Å². The molecule has 1 heterocycles. The van der Waals surface area contributed by atoms with Crippen molar-refractivity contribution in [1.29, 1.82) is 0 Å². The Morgan fingerprint density at radius 1 is 0.944 bits per heavy atom. The van der Waals surface area contributed by atoms with E-state index < -0.39 is 17.7 Å². The van der Waals surface area contributed by atoms with Crippen molar-refractivity contribution < 1.29 is 19.4 Å². The van der Waals surface area contributed by atoms with Crippen LogP contribution in [0.3, 0.4) is 0 Å². The average Bonchev–Trinajstić information content (AvgIpc) is 3.15. The lowest BCUT2D eigenvalue weighted by atomic mass is 9.95. The van der Waals surface area contributed by atoms with Crippen LogP contribution >= 0.6 is 15.9 Å². The summed E-state index contributed by atoms with van der Waals surface area (Å²) in [6.07, 6.45) is 5.33. The average molecular weight is 558 g/mol. The van der Waals surface area contributed by atoms with Gasteiger partial charge in [0.25, 0.3) is 11.7 Å². The fourth-order valence-electron chi connectivity index (χ4n) is 4.57. The Morgan fingerprint density at radius 2 is 1.53 bits per heavy atom. The lowest BCUT2D eigenvalue weighted by Gasteiger charge is -2.27. The van der Waals surface area contributed by atoms with Gasteiger partial charge in [-0.3, -0.25) is 9.59 Å². The first-order valence-corrected chi connectivity index (χ1v) is 13.6.